The predicted molar refractivity (Wildman–Crippen MR) is 121 cm³/mol. The smallest absolute Gasteiger partial charge is 0.226 e. The summed E-state index contributed by atoms with van der Waals surface area (Å²) in [6.07, 6.45) is 11.5. The Morgan fingerprint density at radius 3 is 2.84 bits per heavy atom. The Balaban J connectivity index is 1.23. The number of H-pyrrole nitrogens is 1. The largest absolute Gasteiger partial charge is 0.346 e. The molecule has 0 aliphatic carbocycles. The molecule has 158 valence electrons. The summed E-state index contributed by atoms with van der Waals surface area (Å²) in [6.45, 7) is 2.68. The molecule has 0 radical (unpaired) electrons. The van der Waals surface area contributed by atoms with Gasteiger partial charge < -0.3 is 9.47 Å². The van der Waals surface area contributed by atoms with Gasteiger partial charge in [0, 0.05) is 43.0 Å². The lowest BCUT2D eigenvalue weighted by Crippen LogP contribution is -2.33. The van der Waals surface area contributed by atoms with E-state index in [9.17, 15) is 4.79 Å². The van der Waals surface area contributed by atoms with Gasteiger partial charge in [-0.3, -0.25) is 14.9 Å². The predicted octanol–water partition coefficient (Wildman–Crippen LogP) is 4.30. The summed E-state index contributed by atoms with van der Waals surface area (Å²) in [5, 5.41) is 8.05. The lowest BCUT2D eigenvalue weighted by atomic mass is 10.0. The van der Waals surface area contributed by atoms with Crippen molar-refractivity contribution in [1.29, 1.82) is 0 Å². The zero-order valence-corrected chi connectivity index (χ0v) is 17.6. The molecule has 5 rings (SSSR count). The Morgan fingerprint density at radius 2 is 2.00 bits per heavy atom. The van der Waals surface area contributed by atoms with Crippen molar-refractivity contribution >= 4 is 16.8 Å². The number of hydrogen-bond acceptors (Lipinski definition) is 3. The molecule has 4 heterocycles. The van der Waals surface area contributed by atoms with Crippen molar-refractivity contribution in [2.45, 2.75) is 32.2 Å². The molecular formula is C25H27N5O. The van der Waals surface area contributed by atoms with Crippen molar-refractivity contribution in [3.63, 3.8) is 0 Å². The molecule has 0 bridgehead atoms. The number of carbonyl (C=O) groups excluding carboxylic acids is 1. The normalized spacial score (nSPS) is 17.0. The number of amides is 1. The van der Waals surface area contributed by atoms with Crippen molar-refractivity contribution in [3.05, 3.63) is 72.8 Å². The number of pyridine rings is 1. The highest BCUT2D eigenvalue weighted by Gasteiger charge is 2.21. The van der Waals surface area contributed by atoms with Crippen molar-refractivity contribution in [2.24, 2.45) is 5.92 Å². The molecule has 1 saturated heterocycles. The number of benzene rings is 1. The van der Waals surface area contributed by atoms with E-state index in [2.05, 4.69) is 43.0 Å². The number of aromatic amines is 1. The first-order valence-corrected chi connectivity index (χ1v) is 11.0. The van der Waals surface area contributed by atoms with Crippen LogP contribution >= 0.6 is 0 Å². The van der Waals surface area contributed by atoms with Gasteiger partial charge in [-0.2, -0.15) is 5.10 Å². The van der Waals surface area contributed by atoms with Crippen LogP contribution in [0.2, 0.25) is 0 Å². The van der Waals surface area contributed by atoms with E-state index >= 15 is 0 Å². The number of carbonyl (C=O) groups is 1. The zero-order chi connectivity index (χ0) is 21.0. The van der Waals surface area contributed by atoms with E-state index in [0.717, 1.165) is 61.2 Å². The summed E-state index contributed by atoms with van der Waals surface area (Å²) >= 11 is 0. The van der Waals surface area contributed by atoms with Crippen LogP contribution in [0.4, 0.5) is 0 Å². The van der Waals surface area contributed by atoms with Gasteiger partial charge in [-0.25, -0.2) is 0 Å². The summed E-state index contributed by atoms with van der Waals surface area (Å²) in [7, 11) is 0. The van der Waals surface area contributed by atoms with Gasteiger partial charge in [0.05, 0.1) is 30.0 Å². The number of fused-ring (bicyclic) bond motifs is 1. The Bertz CT molecular complexity index is 1150. The molecular weight excluding hydrogens is 386 g/mol. The highest BCUT2D eigenvalue weighted by molar-refractivity contribution is 5.83. The summed E-state index contributed by atoms with van der Waals surface area (Å²) in [5.74, 6) is 0.813. The molecule has 1 aliphatic rings. The van der Waals surface area contributed by atoms with Gasteiger partial charge in [-0.05, 0) is 42.9 Å². The Morgan fingerprint density at radius 1 is 1.10 bits per heavy atom. The molecule has 1 unspecified atom stereocenters. The second-order valence-corrected chi connectivity index (χ2v) is 8.42. The second kappa shape index (κ2) is 8.76. The molecule has 3 aromatic heterocycles. The first-order valence-electron chi connectivity index (χ1n) is 11.0. The molecule has 31 heavy (non-hydrogen) atoms. The molecule has 4 aromatic rings. The third kappa shape index (κ3) is 4.38. The Hall–Kier alpha value is -3.41. The standard InChI is InChI=1S/C25H27N5O/c31-25(13-19-5-2-1-3-6-19)29-10-4-7-20(8-11-29)18-30-12-9-21-14-23(26-17-24(21)30)22-15-27-28-16-22/h1-3,5-6,9,12,14-17,20H,4,7-8,10-11,13,18H2,(H,27,28). The fraction of sp³-hybridized carbons (Fsp3) is 0.320. The van der Waals surface area contributed by atoms with Crippen LogP contribution < -0.4 is 0 Å². The zero-order valence-electron chi connectivity index (χ0n) is 17.6. The van der Waals surface area contributed by atoms with Gasteiger partial charge >= 0.3 is 0 Å². The van der Waals surface area contributed by atoms with Crippen LogP contribution in [-0.4, -0.2) is 43.6 Å². The van der Waals surface area contributed by atoms with E-state index < -0.39 is 0 Å². The molecule has 0 saturated carbocycles. The molecule has 1 aliphatic heterocycles. The third-order valence-corrected chi connectivity index (χ3v) is 6.30. The third-order valence-electron chi connectivity index (χ3n) is 6.30. The van der Waals surface area contributed by atoms with Crippen LogP contribution in [0.5, 0.6) is 0 Å². The summed E-state index contributed by atoms with van der Waals surface area (Å²) in [6, 6.07) is 14.3. The van der Waals surface area contributed by atoms with Crippen LogP contribution in [0, 0.1) is 5.92 Å². The number of aromatic nitrogens is 4. The minimum Gasteiger partial charge on any atom is -0.346 e. The van der Waals surface area contributed by atoms with Gasteiger partial charge in [0.1, 0.15) is 0 Å². The molecule has 6 nitrogen and oxygen atoms in total. The van der Waals surface area contributed by atoms with Gasteiger partial charge in [0.2, 0.25) is 5.91 Å². The summed E-state index contributed by atoms with van der Waals surface area (Å²) < 4.78 is 2.31. The highest BCUT2D eigenvalue weighted by Crippen LogP contribution is 2.25. The molecule has 1 fully saturated rings. The second-order valence-electron chi connectivity index (χ2n) is 8.42. The fourth-order valence-electron chi connectivity index (χ4n) is 4.55. The number of hydrogen-bond donors (Lipinski definition) is 1. The van der Waals surface area contributed by atoms with Gasteiger partial charge in [0.25, 0.3) is 0 Å². The van der Waals surface area contributed by atoms with E-state index in [-0.39, 0.29) is 5.91 Å². The van der Waals surface area contributed by atoms with E-state index in [1.807, 2.05) is 42.7 Å². The minimum absolute atomic E-state index is 0.245. The maximum atomic E-state index is 12.8. The monoisotopic (exact) mass is 413 g/mol. The number of nitrogens with one attached hydrogen (secondary N) is 1. The average molecular weight is 414 g/mol. The van der Waals surface area contributed by atoms with Crippen LogP contribution in [0.1, 0.15) is 24.8 Å². The highest BCUT2D eigenvalue weighted by atomic mass is 16.2. The van der Waals surface area contributed by atoms with Crippen molar-refractivity contribution in [3.8, 4) is 11.3 Å². The molecule has 1 atom stereocenters. The molecule has 6 heteroatoms. The fourth-order valence-corrected chi connectivity index (χ4v) is 4.55. The maximum Gasteiger partial charge on any atom is 0.226 e. The molecule has 0 spiro atoms. The van der Waals surface area contributed by atoms with Gasteiger partial charge in [0.15, 0.2) is 0 Å². The summed E-state index contributed by atoms with van der Waals surface area (Å²) in [5.41, 5.74) is 4.18. The first-order chi connectivity index (χ1) is 15.3. The lowest BCUT2D eigenvalue weighted by molar-refractivity contribution is -0.130. The van der Waals surface area contributed by atoms with E-state index in [1.165, 1.54) is 5.39 Å². The van der Waals surface area contributed by atoms with E-state index in [4.69, 9.17) is 0 Å². The molecule has 1 amide bonds. The Labute approximate surface area is 181 Å². The topological polar surface area (TPSA) is 66.8 Å². The summed E-state index contributed by atoms with van der Waals surface area (Å²) in [4.78, 5) is 19.4. The van der Waals surface area contributed by atoms with E-state index in [1.54, 1.807) is 6.20 Å². The van der Waals surface area contributed by atoms with Crippen LogP contribution in [-0.2, 0) is 17.8 Å². The number of rotatable bonds is 5. The number of nitrogens with zero attached hydrogens (tertiary/aromatic N) is 4. The molecule has 1 aromatic carbocycles. The van der Waals surface area contributed by atoms with Gasteiger partial charge in [-0.1, -0.05) is 30.3 Å². The molecule has 1 N–H and O–H groups in total. The van der Waals surface area contributed by atoms with Crippen LogP contribution in [0.3, 0.4) is 0 Å². The van der Waals surface area contributed by atoms with Crippen molar-refractivity contribution < 1.29 is 4.79 Å². The first kappa shape index (κ1) is 19.5. The number of likely N-dealkylation sites (tertiary alicyclic amines) is 1. The van der Waals surface area contributed by atoms with E-state index in [0.29, 0.717) is 12.3 Å². The van der Waals surface area contributed by atoms with Crippen molar-refractivity contribution in [2.75, 3.05) is 13.1 Å². The van der Waals surface area contributed by atoms with Crippen LogP contribution in [0.15, 0.2) is 67.3 Å². The van der Waals surface area contributed by atoms with Crippen molar-refractivity contribution in [1.82, 2.24) is 24.6 Å². The maximum absolute atomic E-state index is 12.8. The Kier molecular flexibility index (Phi) is 5.52. The van der Waals surface area contributed by atoms with Crippen LogP contribution in [0.25, 0.3) is 22.2 Å². The average Bonchev–Trinajstić information content (AvgIpc) is 3.40. The quantitative estimate of drug-likeness (QED) is 0.531. The SMILES string of the molecule is O=C(Cc1ccccc1)N1CCCC(Cn2ccc3cc(-c4cn[nH]c4)ncc32)CC1. The van der Waals surface area contributed by atoms with Gasteiger partial charge in [-0.15, -0.1) is 0 Å². The minimum atomic E-state index is 0.245. The lowest BCUT2D eigenvalue weighted by Gasteiger charge is -2.21.